The summed E-state index contributed by atoms with van der Waals surface area (Å²) in [6, 6.07) is -1.76. The van der Waals surface area contributed by atoms with Crippen LogP contribution in [0.4, 0.5) is 4.79 Å². The monoisotopic (exact) mass is 218 g/mol. The van der Waals surface area contributed by atoms with Gasteiger partial charge < -0.3 is 20.4 Å². The average Bonchev–Trinajstić information content (AvgIpc) is 2.12. The van der Waals surface area contributed by atoms with Gasteiger partial charge in [0.25, 0.3) is 0 Å². The Labute approximate surface area is 88.9 Å². The number of amides is 2. The van der Waals surface area contributed by atoms with Crippen molar-refractivity contribution >= 4 is 12.0 Å². The Morgan fingerprint density at radius 3 is 2.33 bits per heavy atom. The minimum atomic E-state index is -1.27. The van der Waals surface area contributed by atoms with E-state index in [9.17, 15) is 9.59 Å². The molecule has 0 saturated carbocycles. The van der Waals surface area contributed by atoms with E-state index in [4.69, 9.17) is 10.2 Å². The zero-order valence-corrected chi connectivity index (χ0v) is 9.23. The van der Waals surface area contributed by atoms with Crippen LogP contribution in [0.1, 0.15) is 20.3 Å². The molecule has 0 aliphatic carbocycles. The zero-order valence-electron chi connectivity index (χ0n) is 9.23. The van der Waals surface area contributed by atoms with Crippen LogP contribution < -0.4 is 5.32 Å². The lowest BCUT2D eigenvalue weighted by atomic mass is 10.2. The van der Waals surface area contributed by atoms with Crippen LogP contribution in [0.25, 0.3) is 0 Å². The maximum Gasteiger partial charge on any atom is 0.328 e. The van der Waals surface area contributed by atoms with Crippen molar-refractivity contribution in [2.45, 2.75) is 32.4 Å². The minimum Gasteiger partial charge on any atom is -0.480 e. The standard InChI is InChI=1S/C9H18N2O4/c1-4-5-11(3)9(15)10-7(6(2)12)8(13)14/h6-7,12H,4-5H2,1-3H3,(H,10,15)(H,13,14). The highest BCUT2D eigenvalue weighted by Crippen LogP contribution is 1.96. The molecular weight excluding hydrogens is 200 g/mol. The van der Waals surface area contributed by atoms with E-state index in [1.807, 2.05) is 6.92 Å². The minimum absolute atomic E-state index is 0.495. The third-order valence-corrected chi connectivity index (χ3v) is 1.93. The van der Waals surface area contributed by atoms with E-state index < -0.39 is 24.1 Å². The second-order valence-corrected chi connectivity index (χ2v) is 3.43. The predicted molar refractivity (Wildman–Crippen MR) is 54.6 cm³/mol. The summed E-state index contributed by atoms with van der Waals surface area (Å²) in [6.45, 7) is 3.77. The first-order valence-electron chi connectivity index (χ1n) is 4.82. The van der Waals surface area contributed by atoms with Crippen LogP contribution in [-0.2, 0) is 4.79 Å². The SMILES string of the molecule is CCCN(C)C(=O)NC(C(=O)O)C(C)O. The van der Waals surface area contributed by atoms with E-state index in [-0.39, 0.29) is 0 Å². The molecule has 0 radical (unpaired) electrons. The van der Waals surface area contributed by atoms with Crippen molar-refractivity contribution in [1.82, 2.24) is 10.2 Å². The van der Waals surface area contributed by atoms with Gasteiger partial charge in [-0.15, -0.1) is 0 Å². The highest BCUT2D eigenvalue weighted by molar-refractivity contribution is 5.82. The molecule has 88 valence electrons. The van der Waals surface area contributed by atoms with Gasteiger partial charge in [-0.05, 0) is 13.3 Å². The highest BCUT2D eigenvalue weighted by atomic mass is 16.4. The van der Waals surface area contributed by atoms with Gasteiger partial charge >= 0.3 is 12.0 Å². The topological polar surface area (TPSA) is 89.9 Å². The lowest BCUT2D eigenvalue weighted by Crippen LogP contribution is -2.51. The van der Waals surface area contributed by atoms with Gasteiger partial charge in [0.2, 0.25) is 0 Å². The molecule has 2 unspecified atom stereocenters. The number of hydrogen-bond donors (Lipinski definition) is 3. The number of aliphatic carboxylic acids is 1. The maximum absolute atomic E-state index is 11.4. The van der Waals surface area contributed by atoms with Crippen LogP contribution in [0.15, 0.2) is 0 Å². The van der Waals surface area contributed by atoms with E-state index in [1.54, 1.807) is 7.05 Å². The van der Waals surface area contributed by atoms with Crippen molar-refractivity contribution in [2.75, 3.05) is 13.6 Å². The fraction of sp³-hybridized carbons (Fsp3) is 0.778. The highest BCUT2D eigenvalue weighted by Gasteiger charge is 2.25. The van der Waals surface area contributed by atoms with Gasteiger partial charge in [0.15, 0.2) is 6.04 Å². The van der Waals surface area contributed by atoms with Gasteiger partial charge in [0, 0.05) is 13.6 Å². The number of carboxylic acid groups (broad SMARTS) is 1. The van der Waals surface area contributed by atoms with Gasteiger partial charge in [-0.1, -0.05) is 6.92 Å². The summed E-state index contributed by atoms with van der Waals surface area (Å²) in [5.41, 5.74) is 0. The first-order valence-corrected chi connectivity index (χ1v) is 4.82. The molecule has 0 aliphatic rings. The second kappa shape index (κ2) is 6.23. The van der Waals surface area contributed by atoms with Crippen LogP contribution in [-0.4, -0.2) is 52.9 Å². The van der Waals surface area contributed by atoms with Crippen molar-refractivity contribution < 1.29 is 19.8 Å². The fourth-order valence-electron chi connectivity index (χ4n) is 1.07. The lowest BCUT2D eigenvalue weighted by Gasteiger charge is -2.22. The number of carboxylic acids is 1. The van der Waals surface area contributed by atoms with Gasteiger partial charge in [-0.3, -0.25) is 0 Å². The number of hydrogen-bond acceptors (Lipinski definition) is 3. The number of carbonyl (C=O) groups excluding carboxylic acids is 1. The smallest absolute Gasteiger partial charge is 0.328 e. The van der Waals surface area contributed by atoms with Crippen LogP contribution in [0, 0.1) is 0 Å². The number of urea groups is 1. The molecule has 0 rings (SSSR count). The molecule has 0 aliphatic heterocycles. The normalized spacial score (nSPS) is 14.1. The Hall–Kier alpha value is -1.30. The third-order valence-electron chi connectivity index (χ3n) is 1.93. The van der Waals surface area contributed by atoms with Gasteiger partial charge in [-0.25, -0.2) is 9.59 Å². The molecule has 0 aromatic rings. The molecular formula is C9H18N2O4. The van der Waals surface area contributed by atoms with Crippen molar-refractivity contribution in [3.63, 3.8) is 0 Å². The van der Waals surface area contributed by atoms with Crippen molar-refractivity contribution in [2.24, 2.45) is 0 Å². The molecule has 0 heterocycles. The largest absolute Gasteiger partial charge is 0.480 e. The third kappa shape index (κ3) is 4.64. The molecule has 6 heteroatoms. The number of nitrogens with zero attached hydrogens (tertiary/aromatic N) is 1. The Morgan fingerprint density at radius 1 is 1.47 bits per heavy atom. The molecule has 0 bridgehead atoms. The fourth-order valence-corrected chi connectivity index (χ4v) is 1.07. The van der Waals surface area contributed by atoms with Gasteiger partial charge in [0.05, 0.1) is 6.10 Å². The van der Waals surface area contributed by atoms with Crippen LogP contribution in [0.3, 0.4) is 0 Å². The maximum atomic E-state index is 11.4. The molecule has 0 saturated heterocycles. The van der Waals surface area contributed by atoms with E-state index in [2.05, 4.69) is 5.32 Å². The zero-order chi connectivity index (χ0) is 12.0. The van der Waals surface area contributed by atoms with Crippen LogP contribution in [0.5, 0.6) is 0 Å². The van der Waals surface area contributed by atoms with Crippen LogP contribution in [0.2, 0.25) is 0 Å². The summed E-state index contributed by atoms with van der Waals surface area (Å²) in [5.74, 6) is -1.25. The van der Waals surface area contributed by atoms with E-state index in [0.717, 1.165) is 6.42 Å². The van der Waals surface area contributed by atoms with Gasteiger partial charge in [-0.2, -0.15) is 0 Å². The first-order chi connectivity index (χ1) is 6.90. The molecule has 0 aromatic heterocycles. The number of carbonyl (C=O) groups is 2. The van der Waals surface area contributed by atoms with Gasteiger partial charge in [0.1, 0.15) is 0 Å². The molecule has 3 N–H and O–H groups in total. The molecule has 0 aromatic carbocycles. The number of aliphatic hydroxyl groups excluding tert-OH is 1. The van der Waals surface area contributed by atoms with Crippen molar-refractivity contribution in [3.8, 4) is 0 Å². The summed E-state index contributed by atoms with van der Waals surface area (Å²) in [7, 11) is 1.57. The van der Waals surface area contributed by atoms with E-state index >= 15 is 0 Å². The number of nitrogens with one attached hydrogen (secondary N) is 1. The Balaban J connectivity index is 4.29. The Morgan fingerprint density at radius 2 is 2.00 bits per heavy atom. The second-order valence-electron chi connectivity index (χ2n) is 3.43. The van der Waals surface area contributed by atoms with Crippen molar-refractivity contribution in [1.29, 1.82) is 0 Å². The molecule has 0 fully saturated rings. The Kier molecular flexibility index (Phi) is 5.69. The lowest BCUT2D eigenvalue weighted by molar-refractivity contribution is -0.141. The molecule has 6 nitrogen and oxygen atoms in total. The molecule has 2 atom stereocenters. The molecule has 0 spiro atoms. The van der Waals surface area contributed by atoms with Crippen molar-refractivity contribution in [3.05, 3.63) is 0 Å². The summed E-state index contributed by atoms with van der Waals surface area (Å²) >= 11 is 0. The summed E-state index contributed by atoms with van der Waals surface area (Å²) in [4.78, 5) is 23.4. The quantitative estimate of drug-likeness (QED) is 0.599. The number of rotatable bonds is 5. The summed E-state index contributed by atoms with van der Waals surface area (Å²) in [5, 5.41) is 20.1. The van der Waals surface area contributed by atoms with E-state index in [0.29, 0.717) is 6.54 Å². The van der Waals surface area contributed by atoms with E-state index in [1.165, 1.54) is 11.8 Å². The first kappa shape index (κ1) is 13.7. The molecule has 15 heavy (non-hydrogen) atoms. The summed E-state index contributed by atoms with van der Waals surface area (Å²) < 4.78 is 0. The summed E-state index contributed by atoms with van der Waals surface area (Å²) in [6.07, 6.45) is -0.336. The Bertz CT molecular complexity index is 230. The molecule has 2 amide bonds. The average molecular weight is 218 g/mol. The predicted octanol–water partition coefficient (Wildman–Crippen LogP) is -0.128. The number of aliphatic hydroxyl groups is 1. The van der Waals surface area contributed by atoms with Crippen LogP contribution >= 0.6 is 0 Å².